The van der Waals surface area contributed by atoms with Crippen molar-refractivity contribution in [2.45, 2.75) is 31.4 Å². The molecule has 2 bridgehead atoms. The number of nitriles is 2. The molecule has 0 spiro atoms. The molecule has 2 heterocycles. The predicted octanol–water partition coefficient (Wildman–Crippen LogP) is 1.14. The summed E-state index contributed by atoms with van der Waals surface area (Å²) in [5, 5.41) is 31.2. The number of hydrogen-bond acceptors (Lipinski definition) is 6. The topological polar surface area (TPSA) is 108 Å². The van der Waals surface area contributed by atoms with Gasteiger partial charge in [0, 0.05) is 32.7 Å². The zero-order valence-electron chi connectivity index (χ0n) is 17.1. The van der Waals surface area contributed by atoms with Crippen molar-refractivity contribution in [3.8, 4) is 18.0 Å². The van der Waals surface area contributed by atoms with Crippen LogP contribution in [-0.2, 0) is 0 Å². The number of benzene rings is 1. The summed E-state index contributed by atoms with van der Waals surface area (Å²) in [6.45, 7) is 4.47. The third-order valence-electron chi connectivity index (χ3n) is 5.87. The van der Waals surface area contributed by atoms with Crippen molar-refractivity contribution in [3.63, 3.8) is 0 Å². The number of aliphatic hydroxyl groups excluding tert-OH is 1. The highest BCUT2D eigenvalue weighted by atomic mass is 16.5. The molecule has 30 heavy (non-hydrogen) atoms. The number of rotatable bonds is 6. The Labute approximate surface area is 177 Å². The summed E-state index contributed by atoms with van der Waals surface area (Å²) >= 11 is 0. The average molecular weight is 409 g/mol. The van der Waals surface area contributed by atoms with E-state index in [4.69, 9.17) is 15.3 Å². The fourth-order valence-electron chi connectivity index (χ4n) is 4.50. The number of nitrogens with one attached hydrogen (secondary N) is 1. The Balaban J connectivity index is 1.26. The fourth-order valence-corrected chi connectivity index (χ4v) is 4.50. The number of aliphatic hydroxyl groups is 1. The number of likely N-dealkylation sites (tertiary alicyclic amines) is 2. The lowest BCUT2D eigenvalue weighted by Gasteiger charge is -2.46. The molecule has 2 N–H and O–H groups in total. The highest BCUT2D eigenvalue weighted by Gasteiger charge is 2.36. The van der Waals surface area contributed by atoms with E-state index in [0.29, 0.717) is 35.7 Å². The summed E-state index contributed by atoms with van der Waals surface area (Å²) in [4.78, 5) is 9.25. The van der Waals surface area contributed by atoms with Gasteiger partial charge in [-0.25, -0.2) is 4.99 Å². The van der Waals surface area contributed by atoms with Gasteiger partial charge in [0.25, 0.3) is 0 Å². The van der Waals surface area contributed by atoms with Gasteiger partial charge < -0.3 is 14.7 Å². The molecule has 0 aromatic heterocycles. The van der Waals surface area contributed by atoms with Gasteiger partial charge in [-0.05, 0) is 55.4 Å². The van der Waals surface area contributed by atoms with Gasteiger partial charge in [-0.1, -0.05) is 0 Å². The second-order valence-corrected chi connectivity index (χ2v) is 8.61. The van der Waals surface area contributed by atoms with Crippen molar-refractivity contribution >= 4 is 5.96 Å². The van der Waals surface area contributed by atoms with Crippen LogP contribution in [0, 0.1) is 34.6 Å². The van der Waals surface area contributed by atoms with E-state index in [9.17, 15) is 5.11 Å². The van der Waals surface area contributed by atoms with Crippen LogP contribution < -0.4 is 10.1 Å². The van der Waals surface area contributed by atoms with E-state index < -0.39 is 6.10 Å². The number of aliphatic imine (C=N–C) groups is 1. The minimum absolute atomic E-state index is 0.230. The monoisotopic (exact) mass is 408 g/mol. The Kier molecular flexibility index (Phi) is 6.37. The smallest absolute Gasteiger partial charge is 0.207 e. The van der Waals surface area contributed by atoms with Crippen LogP contribution in [0.1, 0.15) is 24.8 Å². The third-order valence-corrected chi connectivity index (χ3v) is 5.87. The van der Waals surface area contributed by atoms with Gasteiger partial charge in [0.05, 0.1) is 17.7 Å². The highest BCUT2D eigenvalue weighted by molar-refractivity contribution is 5.81. The molecule has 2 saturated heterocycles. The number of ether oxygens (including phenoxy) is 1. The first-order valence-electron chi connectivity index (χ1n) is 10.6. The maximum absolute atomic E-state index is 10.4. The number of fused-ring (bicyclic) bond motifs is 2. The molecular weight excluding hydrogens is 380 g/mol. The number of piperidine rings is 2. The minimum atomic E-state index is -0.567. The lowest BCUT2D eigenvalue weighted by atomic mass is 9.84. The van der Waals surface area contributed by atoms with Gasteiger partial charge >= 0.3 is 0 Å². The van der Waals surface area contributed by atoms with E-state index >= 15 is 0 Å². The number of hydrogen-bond donors (Lipinski definition) is 2. The summed E-state index contributed by atoms with van der Waals surface area (Å²) in [5.41, 5.74) is 0.590. The molecule has 3 unspecified atom stereocenters. The van der Waals surface area contributed by atoms with Crippen molar-refractivity contribution < 1.29 is 9.84 Å². The second kappa shape index (κ2) is 9.34. The van der Waals surface area contributed by atoms with Crippen LogP contribution in [0.25, 0.3) is 0 Å². The Bertz CT molecular complexity index is 825. The normalized spacial score (nSPS) is 25.2. The van der Waals surface area contributed by atoms with Crippen LogP contribution in [0.5, 0.6) is 5.75 Å². The SMILES string of the molecule is N#CNC(=NC1CC1)N1CC2CC(CN(CC(O)COc3ccc(C#N)cc3)C2)C1. The lowest BCUT2D eigenvalue weighted by Crippen LogP contribution is -2.57. The second-order valence-electron chi connectivity index (χ2n) is 8.61. The number of guanidine groups is 1. The van der Waals surface area contributed by atoms with Gasteiger partial charge in [0.1, 0.15) is 18.5 Å². The van der Waals surface area contributed by atoms with Gasteiger partial charge in [0.2, 0.25) is 5.96 Å². The molecule has 3 aliphatic rings. The van der Waals surface area contributed by atoms with Gasteiger partial charge in [-0.15, -0.1) is 0 Å². The zero-order chi connectivity index (χ0) is 20.9. The highest BCUT2D eigenvalue weighted by Crippen LogP contribution is 2.30. The van der Waals surface area contributed by atoms with E-state index in [-0.39, 0.29) is 6.61 Å². The van der Waals surface area contributed by atoms with Crippen molar-refractivity contribution in [2.24, 2.45) is 16.8 Å². The van der Waals surface area contributed by atoms with Crippen molar-refractivity contribution in [1.82, 2.24) is 15.1 Å². The first-order chi connectivity index (χ1) is 14.6. The molecule has 1 aromatic carbocycles. The Morgan fingerprint density at radius 3 is 2.47 bits per heavy atom. The molecule has 158 valence electrons. The molecule has 0 radical (unpaired) electrons. The first-order valence-corrected chi connectivity index (χ1v) is 10.6. The maximum atomic E-state index is 10.4. The number of β-amino-alcohol motifs (C(OH)–C–C–N with tert-alkyl or cyclic N) is 1. The zero-order valence-corrected chi connectivity index (χ0v) is 17.1. The third kappa shape index (κ3) is 5.41. The van der Waals surface area contributed by atoms with Crippen molar-refractivity contribution in [2.75, 3.05) is 39.3 Å². The van der Waals surface area contributed by atoms with E-state index in [1.54, 1.807) is 24.3 Å². The van der Waals surface area contributed by atoms with E-state index in [2.05, 4.69) is 26.2 Å². The van der Waals surface area contributed by atoms with E-state index in [1.807, 2.05) is 6.19 Å². The maximum Gasteiger partial charge on any atom is 0.207 e. The van der Waals surface area contributed by atoms with Crippen LogP contribution in [-0.4, -0.2) is 72.3 Å². The van der Waals surface area contributed by atoms with Gasteiger partial charge in [-0.2, -0.15) is 10.5 Å². The molecule has 1 saturated carbocycles. The molecule has 8 nitrogen and oxygen atoms in total. The summed E-state index contributed by atoms with van der Waals surface area (Å²) < 4.78 is 5.67. The molecule has 3 fully saturated rings. The first kappa shape index (κ1) is 20.5. The van der Waals surface area contributed by atoms with Crippen LogP contribution >= 0.6 is 0 Å². The molecule has 4 rings (SSSR count). The summed E-state index contributed by atoms with van der Waals surface area (Å²) in [7, 11) is 0. The fraction of sp³-hybridized carbons (Fsp3) is 0.591. The molecule has 8 heteroatoms. The van der Waals surface area contributed by atoms with Crippen LogP contribution in [0.2, 0.25) is 0 Å². The molecule has 0 amide bonds. The molecule has 1 aliphatic carbocycles. The van der Waals surface area contributed by atoms with Crippen LogP contribution in [0.3, 0.4) is 0 Å². The standard InChI is InChI=1S/C22H28N6O2/c23-8-16-1-5-21(6-2-16)30-14-20(29)13-27-9-17-7-18(10-27)12-28(11-17)22(25-15-24)26-19-3-4-19/h1-2,5-6,17-20,29H,3-4,7,9-14H2,(H,25,26). The summed E-state index contributed by atoms with van der Waals surface area (Å²) in [5.74, 6) is 2.41. The predicted molar refractivity (Wildman–Crippen MR) is 111 cm³/mol. The van der Waals surface area contributed by atoms with Gasteiger partial charge in [0.15, 0.2) is 6.19 Å². The number of nitrogens with zero attached hydrogens (tertiary/aromatic N) is 5. The Hall–Kier alpha value is -2.81. The van der Waals surface area contributed by atoms with Crippen LogP contribution in [0.4, 0.5) is 0 Å². The summed E-state index contributed by atoms with van der Waals surface area (Å²) in [6, 6.07) is 9.38. The van der Waals surface area contributed by atoms with Gasteiger partial charge in [-0.3, -0.25) is 10.2 Å². The van der Waals surface area contributed by atoms with E-state index in [1.165, 1.54) is 6.42 Å². The minimum Gasteiger partial charge on any atom is -0.491 e. The molecule has 1 aromatic rings. The Morgan fingerprint density at radius 2 is 1.87 bits per heavy atom. The molecule has 2 aliphatic heterocycles. The van der Waals surface area contributed by atoms with Crippen molar-refractivity contribution in [1.29, 1.82) is 10.5 Å². The Morgan fingerprint density at radius 1 is 1.17 bits per heavy atom. The van der Waals surface area contributed by atoms with E-state index in [0.717, 1.165) is 45.0 Å². The molecular formula is C22H28N6O2. The average Bonchev–Trinajstić information content (AvgIpc) is 3.56. The largest absolute Gasteiger partial charge is 0.491 e. The van der Waals surface area contributed by atoms with Crippen LogP contribution in [0.15, 0.2) is 29.3 Å². The molecule has 3 atom stereocenters. The van der Waals surface area contributed by atoms with Crippen molar-refractivity contribution in [3.05, 3.63) is 29.8 Å². The summed E-state index contributed by atoms with van der Waals surface area (Å²) in [6.07, 6.45) is 4.90. The lowest BCUT2D eigenvalue weighted by molar-refractivity contribution is 0.0141. The quantitative estimate of drug-likeness (QED) is 0.314.